The summed E-state index contributed by atoms with van der Waals surface area (Å²) in [6.45, 7) is 4.06. The molecule has 0 aliphatic rings. The third kappa shape index (κ3) is 3.11. The number of hydrogen-bond donors (Lipinski definition) is 1. The van der Waals surface area contributed by atoms with Crippen LogP contribution in [-0.2, 0) is 6.42 Å². The molecule has 0 aliphatic carbocycles. The molecule has 0 aromatic carbocycles. The van der Waals surface area contributed by atoms with E-state index in [1.807, 2.05) is 27.1 Å². The SMILES string of the molecule is CNC(Cc1csc(C)n1)c1ccnc(C)c1. The zero-order chi connectivity index (χ0) is 12.3. The number of hydrogen-bond acceptors (Lipinski definition) is 4. The Hall–Kier alpha value is -1.26. The lowest BCUT2D eigenvalue weighted by Gasteiger charge is -2.15. The van der Waals surface area contributed by atoms with E-state index in [2.05, 4.69) is 32.8 Å². The highest BCUT2D eigenvalue weighted by Crippen LogP contribution is 2.19. The molecule has 1 atom stereocenters. The summed E-state index contributed by atoms with van der Waals surface area (Å²) in [5.74, 6) is 0. The van der Waals surface area contributed by atoms with Crippen LogP contribution in [0.1, 0.15) is 28.0 Å². The van der Waals surface area contributed by atoms with Crippen LogP contribution in [0, 0.1) is 13.8 Å². The average Bonchev–Trinajstić information content (AvgIpc) is 2.72. The number of rotatable bonds is 4. The van der Waals surface area contributed by atoms with Crippen LogP contribution < -0.4 is 5.32 Å². The maximum Gasteiger partial charge on any atom is 0.0897 e. The van der Waals surface area contributed by atoms with Gasteiger partial charge in [-0.2, -0.15) is 0 Å². The molecule has 90 valence electrons. The first-order valence-corrected chi connectivity index (χ1v) is 6.58. The normalized spacial score (nSPS) is 12.6. The van der Waals surface area contributed by atoms with Gasteiger partial charge in [-0.1, -0.05) is 0 Å². The van der Waals surface area contributed by atoms with Crippen LogP contribution in [0.4, 0.5) is 0 Å². The summed E-state index contributed by atoms with van der Waals surface area (Å²) in [4.78, 5) is 8.74. The second kappa shape index (κ2) is 5.38. The fourth-order valence-electron chi connectivity index (χ4n) is 1.88. The Morgan fingerprint density at radius 1 is 1.41 bits per heavy atom. The third-order valence-corrected chi connectivity index (χ3v) is 3.57. The van der Waals surface area contributed by atoms with Gasteiger partial charge in [0, 0.05) is 29.7 Å². The average molecular weight is 247 g/mol. The molecule has 3 nitrogen and oxygen atoms in total. The summed E-state index contributed by atoms with van der Waals surface area (Å²) in [6, 6.07) is 4.49. The Bertz CT molecular complexity index is 493. The number of nitrogens with one attached hydrogen (secondary N) is 1. The lowest BCUT2D eigenvalue weighted by Crippen LogP contribution is -2.19. The number of nitrogens with zero attached hydrogens (tertiary/aromatic N) is 2. The molecule has 17 heavy (non-hydrogen) atoms. The van der Waals surface area contributed by atoms with Crippen LogP contribution in [0.5, 0.6) is 0 Å². The predicted molar refractivity (Wildman–Crippen MR) is 71.3 cm³/mol. The Morgan fingerprint density at radius 2 is 2.24 bits per heavy atom. The molecule has 4 heteroatoms. The fourth-order valence-corrected chi connectivity index (χ4v) is 2.51. The predicted octanol–water partition coefficient (Wildman–Crippen LogP) is 2.66. The quantitative estimate of drug-likeness (QED) is 0.902. The van der Waals surface area contributed by atoms with Crippen LogP contribution in [-0.4, -0.2) is 17.0 Å². The van der Waals surface area contributed by atoms with Gasteiger partial charge < -0.3 is 5.32 Å². The Kier molecular flexibility index (Phi) is 3.86. The van der Waals surface area contributed by atoms with E-state index < -0.39 is 0 Å². The number of thiazole rings is 1. The maximum absolute atomic E-state index is 4.51. The zero-order valence-corrected chi connectivity index (χ0v) is 11.2. The van der Waals surface area contributed by atoms with Gasteiger partial charge in [0.05, 0.1) is 10.7 Å². The molecule has 0 saturated carbocycles. The van der Waals surface area contributed by atoms with Gasteiger partial charge in [0.2, 0.25) is 0 Å². The van der Waals surface area contributed by atoms with Gasteiger partial charge in [-0.05, 0) is 38.6 Å². The molecule has 0 radical (unpaired) electrons. The Morgan fingerprint density at radius 3 is 2.82 bits per heavy atom. The van der Waals surface area contributed by atoms with E-state index in [1.165, 1.54) is 5.56 Å². The molecule has 0 spiro atoms. The molecule has 0 bridgehead atoms. The van der Waals surface area contributed by atoms with E-state index in [4.69, 9.17) is 0 Å². The highest BCUT2D eigenvalue weighted by Gasteiger charge is 2.12. The lowest BCUT2D eigenvalue weighted by molar-refractivity contribution is 0.584. The van der Waals surface area contributed by atoms with Gasteiger partial charge in [-0.15, -0.1) is 11.3 Å². The molecule has 0 fully saturated rings. The van der Waals surface area contributed by atoms with Crippen LogP contribution in [0.25, 0.3) is 0 Å². The van der Waals surface area contributed by atoms with Gasteiger partial charge in [0.15, 0.2) is 0 Å². The summed E-state index contributed by atoms with van der Waals surface area (Å²) in [5, 5.41) is 6.60. The fraction of sp³-hybridized carbons (Fsp3) is 0.385. The zero-order valence-electron chi connectivity index (χ0n) is 10.4. The van der Waals surface area contributed by atoms with Crippen molar-refractivity contribution < 1.29 is 0 Å². The first-order chi connectivity index (χ1) is 8.19. The van der Waals surface area contributed by atoms with Gasteiger partial charge in [0.1, 0.15) is 0 Å². The number of likely N-dealkylation sites (N-methyl/N-ethyl adjacent to an activating group) is 1. The van der Waals surface area contributed by atoms with Crippen LogP contribution in [0.2, 0.25) is 0 Å². The monoisotopic (exact) mass is 247 g/mol. The maximum atomic E-state index is 4.51. The molecule has 2 aromatic rings. The van der Waals surface area contributed by atoms with Gasteiger partial charge in [0.25, 0.3) is 0 Å². The van der Waals surface area contributed by atoms with Crippen molar-refractivity contribution in [3.8, 4) is 0 Å². The summed E-state index contributed by atoms with van der Waals surface area (Å²) >= 11 is 1.70. The first kappa shape index (κ1) is 12.2. The highest BCUT2D eigenvalue weighted by atomic mass is 32.1. The Labute approximate surface area is 106 Å². The summed E-state index contributed by atoms with van der Waals surface area (Å²) in [7, 11) is 1.99. The van der Waals surface area contributed by atoms with Crippen molar-refractivity contribution in [2.24, 2.45) is 0 Å². The van der Waals surface area contributed by atoms with Gasteiger partial charge >= 0.3 is 0 Å². The minimum absolute atomic E-state index is 0.304. The summed E-state index contributed by atoms with van der Waals surface area (Å²) in [5.41, 5.74) is 3.48. The highest BCUT2D eigenvalue weighted by molar-refractivity contribution is 7.09. The number of pyridine rings is 1. The van der Waals surface area contributed by atoms with Crippen LogP contribution in [0.15, 0.2) is 23.7 Å². The number of aryl methyl sites for hydroxylation is 2. The van der Waals surface area contributed by atoms with Crippen molar-refractivity contribution in [1.82, 2.24) is 15.3 Å². The van der Waals surface area contributed by atoms with Crippen LogP contribution in [0.3, 0.4) is 0 Å². The van der Waals surface area contributed by atoms with Crippen molar-refractivity contribution in [2.45, 2.75) is 26.3 Å². The molecule has 2 heterocycles. The number of aromatic nitrogens is 2. The molecule has 1 unspecified atom stereocenters. The molecule has 0 aliphatic heterocycles. The topological polar surface area (TPSA) is 37.8 Å². The van der Waals surface area contributed by atoms with E-state index in [0.29, 0.717) is 6.04 Å². The third-order valence-electron chi connectivity index (χ3n) is 2.75. The minimum Gasteiger partial charge on any atom is -0.313 e. The first-order valence-electron chi connectivity index (χ1n) is 5.70. The second-order valence-electron chi connectivity index (χ2n) is 4.13. The largest absolute Gasteiger partial charge is 0.313 e. The minimum atomic E-state index is 0.304. The molecular weight excluding hydrogens is 230 g/mol. The summed E-state index contributed by atoms with van der Waals surface area (Å²) < 4.78 is 0. The molecule has 0 amide bonds. The summed E-state index contributed by atoms with van der Waals surface area (Å²) in [6.07, 6.45) is 2.78. The van der Waals surface area contributed by atoms with Gasteiger partial charge in [-0.3, -0.25) is 4.98 Å². The van der Waals surface area contributed by atoms with Crippen LogP contribution >= 0.6 is 11.3 Å². The van der Waals surface area contributed by atoms with E-state index in [1.54, 1.807) is 11.3 Å². The lowest BCUT2D eigenvalue weighted by atomic mass is 10.0. The van der Waals surface area contributed by atoms with Gasteiger partial charge in [-0.25, -0.2) is 4.98 Å². The standard InChI is InChI=1S/C13H17N3S/c1-9-6-11(4-5-15-9)13(14-3)7-12-8-17-10(2)16-12/h4-6,8,13-14H,7H2,1-3H3. The smallest absolute Gasteiger partial charge is 0.0897 e. The van der Waals surface area contributed by atoms with Crippen molar-refractivity contribution in [3.05, 3.63) is 45.7 Å². The molecular formula is C13H17N3S. The van der Waals surface area contributed by atoms with Crippen molar-refractivity contribution in [3.63, 3.8) is 0 Å². The van der Waals surface area contributed by atoms with Crippen molar-refractivity contribution in [2.75, 3.05) is 7.05 Å². The van der Waals surface area contributed by atoms with E-state index in [0.717, 1.165) is 22.8 Å². The van der Waals surface area contributed by atoms with E-state index >= 15 is 0 Å². The second-order valence-corrected chi connectivity index (χ2v) is 5.20. The molecule has 1 N–H and O–H groups in total. The van der Waals surface area contributed by atoms with E-state index in [-0.39, 0.29) is 0 Å². The molecule has 0 saturated heterocycles. The van der Waals surface area contributed by atoms with Crippen molar-refractivity contribution in [1.29, 1.82) is 0 Å². The molecule has 2 aromatic heterocycles. The molecule has 2 rings (SSSR count). The van der Waals surface area contributed by atoms with E-state index in [9.17, 15) is 0 Å². The Balaban J connectivity index is 2.16. The van der Waals surface area contributed by atoms with Crippen molar-refractivity contribution >= 4 is 11.3 Å².